The van der Waals surface area contributed by atoms with E-state index < -0.39 is 42.4 Å². The number of hydrogen-bond acceptors (Lipinski definition) is 1. The molecule has 23 heavy (non-hydrogen) atoms. The SMILES string of the molecule is CCCCCCC(C)(O)CC(F)(F)C(F)(F)C(F)(F)C(F)(F)F. The fourth-order valence-corrected chi connectivity index (χ4v) is 2.02. The molecule has 1 unspecified atom stereocenters. The summed E-state index contributed by atoms with van der Waals surface area (Å²) in [5.41, 5.74) is -2.50. The van der Waals surface area contributed by atoms with Crippen molar-refractivity contribution in [2.75, 3.05) is 0 Å². The molecule has 1 N–H and O–H groups in total. The Morgan fingerprint density at radius 2 is 1.22 bits per heavy atom. The van der Waals surface area contributed by atoms with E-state index in [2.05, 4.69) is 0 Å². The zero-order valence-electron chi connectivity index (χ0n) is 12.6. The van der Waals surface area contributed by atoms with Gasteiger partial charge >= 0.3 is 23.9 Å². The minimum Gasteiger partial charge on any atom is -0.390 e. The molecule has 0 aromatic rings. The summed E-state index contributed by atoms with van der Waals surface area (Å²) in [5.74, 6) is -19.3. The van der Waals surface area contributed by atoms with Crippen LogP contribution in [0, 0.1) is 0 Å². The molecule has 0 spiro atoms. The Kier molecular flexibility index (Phi) is 6.86. The quantitative estimate of drug-likeness (QED) is 0.420. The molecule has 1 atom stereocenters. The zero-order valence-corrected chi connectivity index (χ0v) is 12.6. The highest BCUT2D eigenvalue weighted by molar-refractivity contribution is 5.02. The molecule has 140 valence electrons. The lowest BCUT2D eigenvalue weighted by molar-refractivity contribution is -0.399. The third-order valence-corrected chi connectivity index (χ3v) is 3.38. The van der Waals surface area contributed by atoms with E-state index in [9.17, 15) is 44.6 Å². The van der Waals surface area contributed by atoms with Crippen LogP contribution in [-0.2, 0) is 0 Å². The second-order valence-electron chi connectivity index (χ2n) is 5.84. The van der Waals surface area contributed by atoms with Crippen molar-refractivity contribution in [2.45, 2.75) is 81.9 Å². The molecule has 0 radical (unpaired) electrons. The van der Waals surface area contributed by atoms with Crippen molar-refractivity contribution in [1.82, 2.24) is 0 Å². The molecule has 1 nitrogen and oxygen atoms in total. The van der Waals surface area contributed by atoms with E-state index in [4.69, 9.17) is 0 Å². The molecule has 0 aromatic carbocycles. The van der Waals surface area contributed by atoms with Crippen molar-refractivity contribution in [1.29, 1.82) is 0 Å². The molecule has 0 aliphatic heterocycles. The molecular formula is C13H19F9O. The van der Waals surface area contributed by atoms with Crippen LogP contribution in [0.4, 0.5) is 39.5 Å². The Balaban J connectivity index is 5.16. The average Bonchev–Trinajstić information content (AvgIpc) is 2.31. The summed E-state index contributed by atoms with van der Waals surface area (Å²) in [6.45, 7) is 2.53. The van der Waals surface area contributed by atoms with Gasteiger partial charge in [-0.3, -0.25) is 0 Å². The van der Waals surface area contributed by atoms with Crippen LogP contribution in [0.1, 0.15) is 52.4 Å². The van der Waals surface area contributed by atoms with Gasteiger partial charge in [-0.2, -0.15) is 39.5 Å². The number of hydrogen-bond donors (Lipinski definition) is 1. The van der Waals surface area contributed by atoms with Crippen molar-refractivity contribution in [3.05, 3.63) is 0 Å². The molecule has 0 amide bonds. The highest BCUT2D eigenvalue weighted by atomic mass is 19.4. The molecule has 0 fully saturated rings. The molecule has 0 bridgehead atoms. The van der Waals surface area contributed by atoms with Crippen LogP contribution in [0.2, 0.25) is 0 Å². The van der Waals surface area contributed by atoms with Crippen LogP contribution in [0.5, 0.6) is 0 Å². The first-order valence-corrected chi connectivity index (χ1v) is 6.94. The largest absolute Gasteiger partial charge is 0.460 e. The average molecular weight is 362 g/mol. The first-order chi connectivity index (χ1) is 10.0. The van der Waals surface area contributed by atoms with Gasteiger partial charge in [-0.15, -0.1) is 0 Å². The van der Waals surface area contributed by atoms with Gasteiger partial charge < -0.3 is 5.11 Å². The maximum atomic E-state index is 13.4. The molecule has 0 saturated carbocycles. The molecule has 0 heterocycles. The van der Waals surface area contributed by atoms with E-state index in [1.54, 1.807) is 0 Å². The van der Waals surface area contributed by atoms with Gasteiger partial charge in [0, 0.05) is 6.42 Å². The van der Waals surface area contributed by atoms with Gasteiger partial charge in [-0.1, -0.05) is 32.6 Å². The summed E-state index contributed by atoms with van der Waals surface area (Å²) >= 11 is 0. The van der Waals surface area contributed by atoms with Crippen molar-refractivity contribution in [2.24, 2.45) is 0 Å². The Hall–Kier alpha value is -0.670. The third-order valence-electron chi connectivity index (χ3n) is 3.38. The first kappa shape index (κ1) is 22.3. The normalized spacial score (nSPS) is 17.2. The summed E-state index contributed by atoms with van der Waals surface area (Å²) in [6.07, 6.45) is -7.40. The Morgan fingerprint density at radius 1 is 0.739 bits per heavy atom. The Labute approximate surface area is 127 Å². The van der Waals surface area contributed by atoms with Crippen molar-refractivity contribution in [3.8, 4) is 0 Å². The van der Waals surface area contributed by atoms with E-state index in [0.717, 1.165) is 6.42 Å². The first-order valence-electron chi connectivity index (χ1n) is 6.94. The fourth-order valence-electron chi connectivity index (χ4n) is 2.02. The van der Waals surface area contributed by atoms with Crippen LogP contribution >= 0.6 is 0 Å². The monoisotopic (exact) mass is 362 g/mol. The lowest BCUT2D eigenvalue weighted by Crippen LogP contribution is -2.62. The van der Waals surface area contributed by atoms with E-state index in [1.165, 1.54) is 0 Å². The molecule has 0 aliphatic rings. The number of alkyl halides is 9. The van der Waals surface area contributed by atoms with Crippen LogP contribution in [0.15, 0.2) is 0 Å². The van der Waals surface area contributed by atoms with Crippen molar-refractivity contribution < 1.29 is 44.6 Å². The molecule has 0 aromatic heterocycles. The zero-order chi connectivity index (χ0) is 18.7. The number of aliphatic hydroxyl groups is 1. The molecule has 10 heteroatoms. The van der Waals surface area contributed by atoms with Crippen LogP contribution < -0.4 is 0 Å². The summed E-state index contributed by atoms with van der Waals surface area (Å²) in [5, 5.41) is 9.64. The van der Waals surface area contributed by atoms with Crippen molar-refractivity contribution in [3.63, 3.8) is 0 Å². The van der Waals surface area contributed by atoms with E-state index >= 15 is 0 Å². The number of unbranched alkanes of at least 4 members (excludes halogenated alkanes) is 3. The van der Waals surface area contributed by atoms with Crippen LogP contribution in [-0.4, -0.2) is 34.7 Å². The summed E-state index contributed by atoms with van der Waals surface area (Å²) in [7, 11) is 0. The van der Waals surface area contributed by atoms with Crippen molar-refractivity contribution >= 4 is 0 Å². The van der Waals surface area contributed by atoms with Gasteiger partial charge in [0.05, 0.1) is 5.60 Å². The standard InChI is InChI=1S/C13H19F9O/c1-3-4-5-6-7-9(2,23)8-10(14,15)11(16,17)12(18,19)13(20,21)22/h23H,3-8H2,1-2H3. The maximum Gasteiger partial charge on any atom is 0.460 e. The summed E-state index contributed by atoms with van der Waals surface area (Å²) in [4.78, 5) is 0. The lowest BCUT2D eigenvalue weighted by atomic mass is 9.87. The fraction of sp³-hybridized carbons (Fsp3) is 1.00. The molecule has 0 saturated heterocycles. The second-order valence-corrected chi connectivity index (χ2v) is 5.84. The summed E-state index contributed by atoms with van der Waals surface area (Å²) < 4.78 is 114. The van der Waals surface area contributed by atoms with Gasteiger partial charge in [0.25, 0.3) is 0 Å². The van der Waals surface area contributed by atoms with Gasteiger partial charge in [0.2, 0.25) is 0 Å². The molecule has 0 aliphatic carbocycles. The predicted octanol–water partition coefficient (Wildman–Crippen LogP) is 5.57. The molecular weight excluding hydrogens is 343 g/mol. The van der Waals surface area contributed by atoms with E-state index in [0.29, 0.717) is 19.8 Å². The van der Waals surface area contributed by atoms with E-state index in [-0.39, 0.29) is 6.42 Å². The lowest BCUT2D eigenvalue weighted by Gasteiger charge is -2.37. The maximum absolute atomic E-state index is 13.4. The highest BCUT2D eigenvalue weighted by Crippen LogP contribution is 2.55. The van der Waals surface area contributed by atoms with Crippen LogP contribution in [0.3, 0.4) is 0 Å². The number of halogens is 9. The topological polar surface area (TPSA) is 20.2 Å². The van der Waals surface area contributed by atoms with Gasteiger partial charge in [-0.05, 0) is 13.3 Å². The minimum atomic E-state index is -6.91. The minimum absolute atomic E-state index is 0.151. The van der Waals surface area contributed by atoms with Gasteiger partial charge in [0.1, 0.15) is 0 Å². The second kappa shape index (κ2) is 7.06. The van der Waals surface area contributed by atoms with Gasteiger partial charge in [0.15, 0.2) is 0 Å². The third kappa shape index (κ3) is 5.15. The number of rotatable bonds is 9. The highest BCUT2D eigenvalue weighted by Gasteiger charge is 2.81. The van der Waals surface area contributed by atoms with Crippen LogP contribution in [0.25, 0.3) is 0 Å². The Morgan fingerprint density at radius 3 is 1.61 bits per heavy atom. The summed E-state index contributed by atoms with van der Waals surface area (Å²) in [6, 6.07) is 0. The van der Waals surface area contributed by atoms with Gasteiger partial charge in [-0.25, -0.2) is 0 Å². The Bertz CT molecular complexity index is 374. The smallest absolute Gasteiger partial charge is 0.390 e. The van der Waals surface area contributed by atoms with E-state index in [1.807, 2.05) is 6.92 Å². The molecule has 0 rings (SSSR count). The predicted molar refractivity (Wildman–Crippen MR) is 64.9 cm³/mol.